The lowest BCUT2D eigenvalue weighted by molar-refractivity contribution is 0.0481. The molecule has 0 bridgehead atoms. The number of anilines is 1. The maximum Gasteiger partial charge on any atom is 0.266 e. The van der Waals surface area contributed by atoms with Gasteiger partial charge in [-0.05, 0) is 62.8 Å². The van der Waals surface area contributed by atoms with Crippen LogP contribution in [0.5, 0.6) is 0 Å². The Labute approximate surface area is 255 Å². The number of unbranched alkanes of at least 4 members (excludes halogenated alkanes) is 1. The second-order valence-corrected chi connectivity index (χ2v) is 15.5. The Morgan fingerprint density at radius 2 is 1.86 bits per heavy atom. The van der Waals surface area contributed by atoms with Gasteiger partial charge >= 0.3 is 0 Å². The minimum Gasteiger partial charge on any atom is -0.363 e. The zero-order chi connectivity index (χ0) is 31.4. The first-order valence-corrected chi connectivity index (χ1v) is 17.3. The molecule has 2 aromatic heterocycles. The number of alkyl halides is 3. The first kappa shape index (κ1) is 31.0. The molecule has 3 heterocycles. The number of rotatable bonds is 9. The summed E-state index contributed by atoms with van der Waals surface area (Å²) in [6.45, 7) is 3.78. The number of halogens is 4. The van der Waals surface area contributed by atoms with E-state index in [0.29, 0.717) is 35.7 Å². The van der Waals surface area contributed by atoms with Crippen molar-refractivity contribution in [3.63, 3.8) is 0 Å². The van der Waals surface area contributed by atoms with Crippen molar-refractivity contribution in [2.24, 2.45) is 22.7 Å². The molecule has 0 amide bonds. The van der Waals surface area contributed by atoms with E-state index in [4.69, 9.17) is 4.36 Å². The van der Waals surface area contributed by atoms with Crippen LogP contribution in [0.15, 0.2) is 39.8 Å². The molecule has 12 heteroatoms. The van der Waals surface area contributed by atoms with Crippen LogP contribution in [0.25, 0.3) is 11.0 Å². The van der Waals surface area contributed by atoms with E-state index in [9.17, 15) is 22.2 Å². The number of nitrogens with zero attached hydrogens (tertiary/aromatic N) is 4. The molecule has 1 N–H and O–H groups in total. The Hall–Kier alpha value is -3.02. The topological polar surface area (TPSA) is 89.2 Å². The fraction of sp³-hybridized carbons (Fsp3) is 0.594. The van der Waals surface area contributed by atoms with Gasteiger partial charge in [-0.3, -0.25) is 9.36 Å². The molecule has 2 unspecified atom stereocenters. The van der Waals surface area contributed by atoms with Crippen LogP contribution in [-0.4, -0.2) is 36.3 Å². The minimum atomic E-state index is -2.96. The number of hydrogen-bond acceptors (Lipinski definition) is 6. The van der Waals surface area contributed by atoms with Gasteiger partial charge in [-0.2, -0.15) is 0 Å². The normalized spacial score (nSPS) is 30.4. The van der Waals surface area contributed by atoms with Gasteiger partial charge in [0.1, 0.15) is 29.3 Å². The highest BCUT2D eigenvalue weighted by molar-refractivity contribution is 7.95. The predicted octanol–water partition coefficient (Wildman–Crippen LogP) is 7.36. The zero-order valence-corrected chi connectivity index (χ0v) is 26.1. The summed E-state index contributed by atoms with van der Waals surface area (Å²) in [6.07, 6.45) is 4.07. The van der Waals surface area contributed by atoms with Crippen LogP contribution in [0.1, 0.15) is 94.4 Å². The lowest BCUT2D eigenvalue weighted by Crippen LogP contribution is -2.52. The predicted molar refractivity (Wildman–Crippen MR) is 164 cm³/mol. The van der Waals surface area contributed by atoms with Crippen LogP contribution < -0.4 is 10.9 Å². The van der Waals surface area contributed by atoms with Crippen molar-refractivity contribution in [2.75, 3.05) is 16.8 Å². The van der Waals surface area contributed by atoms with Crippen molar-refractivity contribution in [3.8, 4) is 0 Å². The molecule has 3 fully saturated rings. The Kier molecular flexibility index (Phi) is 8.03. The second kappa shape index (κ2) is 11.4. The Balaban J connectivity index is 1.22. The molecule has 1 aromatic carbocycles. The summed E-state index contributed by atoms with van der Waals surface area (Å²) in [5.74, 6) is 0.799. The van der Waals surface area contributed by atoms with Gasteiger partial charge < -0.3 is 5.32 Å². The van der Waals surface area contributed by atoms with Crippen LogP contribution >= 0.6 is 0 Å². The number of pyridine rings is 1. The summed E-state index contributed by atoms with van der Waals surface area (Å²) < 4.78 is 77.5. The highest BCUT2D eigenvalue weighted by atomic mass is 32.2. The molecule has 0 radical (unpaired) electrons. The summed E-state index contributed by atoms with van der Waals surface area (Å²) >= 11 is 0. The van der Waals surface area contributed by atoms with E-state index in [0.717, 1.165) is 25.3 Å². The van der Waals surface area contributed by atoms with E-state index in [2.05, 4.69) is 22.2 Å². The number of aromatic nitrogens is 3. The summed E-state index contributed by atoms with van der Waals surface area (Å²) in [4.78, 5) is 21.9. The fourth-order valence-electron chi connectivity index (χ4n) is 7.17. The number of aryl methyl sites for hydroxylation is 1. The van der Waals surface area contributed by atoms with Gasteiger partial charge in [0.2, 0.25) is 0 Å². The standard InChI is InChI=1S/C32H39F4N5O2S/c1-4-5-7-20-14-25(20)40-44(43)16-31(17-44)10-12-32(36,13-11-31)24-15-23-28(37-18-38-29(23)41(3)30(24)42)39-19(2)21-8-6-9-22(26(21)33)27(34)35/h6,8-9,15,18-20,25,27H,4-5,7,10-14,16-17H2,1-3H3,(H,37,38,39)/t19-,20?,25?,31?,32?,44?/m1/s1. The van der Waals surface area contributed by atoms with Crippen molar-refractivity contribution in [1.82, 2.24) is 14.5 Å². The fourth-order valence-corrected chi connectivity index (χ4v) is 10.5. The Morgan fingerprint density at radius 1 is 1.16 bits per heavy atom. The summed E-state index contributed by atoms with van der Waals surface area (Å²) in [5.41, 5.74) is -2.99. The first-order chi connectivity index (χ1) is 20.9. The molecule has 1 spiro atoms. The number of benzene rings is 1. The van der Waals surface area contributed by atoms with E-state index in [1.807, 2.05) is 0 Å². The molecule has 2 saturated carbocycles. The zero-order valence-electron chi connectivity index (χ0n) is 25.3. The van der Waals surface area contributed by atoms with Crippen LogP contribution in [0.3, 0.4) is 0 Å². The average molecular weight is 634 g/mol. The molecule has 3 aliphatic rings. The molecule has 238 valence electrons. The SMILES string of the molecule is CCCCC1CC1N=S1(=O)CC2(CCC(F)(c3cc4c(N[C@H](C)c5cccc(C(F)F)c5F)ncnc4n(C)c3=O)CC2)C1. The highest BCUT2D eigenvalue weighted by Crippen LogP contribution is 2.54. The molecule has 1 aliphatic heterocycles. The van der Waals surface area contributed by atoms with E-state index >= 15 is 4.39 Å². The van der Waals surface area contributed by atoms with Crippen molar-refractivity contribution >= 4 is 26.6 Å². The van der Waals surface area contributed by atoms with Gasteiger partial charge in [0.25, 0.3) is 12.0 Å². The smallest absolute Gasteiger partial charge is 0.266 e. The molecule has 3 atom stereocenters. The highest BCUT2D eigenvalue weighted by Gasteiger charge is 2.54. The maximum atomic E-state index is 16.7. The number of fused-ring (bicyclic) bond motifs is 1. The van der Waals surface area contributed by atoms with Crippen molar-refractivity contribution in [2.45, 2.75) is 89.4 Å². The summed E-state index contributed by atoms with van der Waals surface area (Å²) in [7, 11) is -0.729. The molecule has 2 aliphatic carbocycles. The van der Waals surface area contributed by atoms with Crippen LogP contribution in [0.2, 0.25) is 0 Å². The quantitative estimate of drug-likeness (QED) is 0.249. The van der Waals surface area contributed by atoms with Crippen molar-refractivity contribution < 1.29 is 21.8 Å². The number of hydrogen-bond donors (Lipinski definition) is 1. The molecular formula is C32H39F4N5O2S. The van der Waals surface area contributed by atoms with Crippen molar-refractivity contribution in [1.29, 1.82) is 0 Å². The molecular weight excluding hydrogens is 594 g/mol. The summed E-state index contributed by atoms with van der Waals surface area (Å²) in [5, 5.41) is 3.42. The Bertz CT molecular complexity index is 1750. The summed E-state index contributed by atoms with van der Waals surface area (Å²) in [6, 6.07) is 4.75. The number of nitrogens with one attached hydrogen (secondary N) is 1. The van der Waals surface area contributed by atoms with Gasteiger partial charge in [-0.1, -0.05) is 38.0 Å². The van der Waals surface area contributed by atoms with Gasteiger partial charge in [-0.25, -0.2) is 36.1 Å². The van der Waals surface area contributed by atoms with Crippen LogP contribution in [0, 0.1) is 17.2 Å². The van der Waals surface area contributed by atoms with Gasteiger partial charge in [0.05, 0.1) is 28.6 Å². The minimum absolute atomic E-state index is 0.000206. The largest absolute Gasteiger partial charge is 0.363 e. The first-order valence-electron chi connectivity index (χ1n) is 15.5. The Morgan fingerprint density at radius 3 is 2.55 bits per heavy atom. The third-order valence-electron chi connectivity index (χ3n) is 9.91. The lowest BCUT2D eigenvalue weighted by Gasteiger charge is -2.49. The molecule has 6 rings (SSSR count). The molecule has 7 nitrogen and oxygen atoms in total. The van der Waals surface area contributed by atoms with Crippen LogP contribution in [-0.2, 0) is 22.4 Å². The molecule has 44 heavy (non-hydrogen) atoms. The second-order valence-electron chi connectivity index (χ2n) is 13.1. The van der Waals surface area contributed by atoms with E-state index in [1.165, 1.54) is 42.6 Å². The van der Waals surface area contributed by atoms with E-state index < -0.39 is 44.8 Å². The third-order valence-corrected chi connectivity index (χ3v) is 12.7. The van der Waals surface area contributed by atoms with Crippen molar-refractivity contribution in [3.05, 3.63) is 63.5 Å². The third kappa shape index (κ3) is 5.63. The maximum absolute atomic E-state index is 16.7. The average Bonchev–Trinajstić information content (AvgIpc) is 3.71. The van der Waals surface area contributed by atoms with Crippen LogP contribution in [0.4, 0.5) is 23.4 Å². The van der Waals surface area contributed by atoms with Gasteiger partial charge in [0.15, 0.2) is 0 Å². The van der Waals surface area contributed by atoms with E-state index in [1.54, 1.807) is 6.92 Å². The van der Waals surface area contributed by atoms with Gasteiger partial charge in [-0.15, -0.1) is 0 Å². The van der Waals surface area contributed by atoms with Gasteiger partial charge in [0, 0.05) is 33.8 Å². The monoisotopic (exact) mass is 633 g/mol. The molecule has 3 aromatic rings. The van der Waals surface area contributed by atoms with E-state index in [-0.39, 0.29) is 46.9 Å². The lowest BCUT2D eigenvalue weighted by atomic mass is 9.69. The molecule has 1 saturated heterocycles.